The highest BCUT2D eigenvalue weighted by Gasteiger charge is 2.67. The van der Waals surface area contributed by atoms with E-state index in [0.29, 0.717) is 17.8 Å². The quantitative estimate of drug-likeness (QED) is 0.282. The van der Waals surface area contributed by atoms with Crippen molar-refractivity contribution in [2.24, 2.45) is 17.8 Å². The summed E-state index contributed by atoms with van der Waals surface area (Å²) in [6.07, 6.45) is 2.51. The summed E-state index contributed by atoms with van der Waals surface area (Å²) in [6.45, 7) is 29.0. The summed E-state index contributed by atoms with van der Waals surface area (Å²) < 4.78 is 13.4. The molecule has 0 amide bonds. The fraction of sp³-hybridized carbons (Fsp3) is 0.742. The van der Waals surface area contributed by atoms with Crippen LogP contribution in [0.5, 0.6) is 0 Å². The average molecular weight is 489 g/mol. The van der Waals surface area contributed by atoms with Gasteiger partial charge < -0.3 is 9.47 Å². The molecule has 0 heterocycles. The van der Waals surface area contributed by atoms with Gasteiger partial charge in [0.05, 0.1) is 11.7 Å². The molecule has 0 fully saturated rings. The summed E-state index contributed by atoms with van der Waals surface area (Å²) in [5, 5.41) is 0.117. The smallest absolute Gasteiger partial charge is 0.0963 e. The van der Waals surface area contributed by atoms with Crippen LogP contribution < -0.4 is 0 Å². The van der Waals surface area contributed by atoms with Crippen LogP contribution in [0.15, 0.2) is 42.0 Å². The lowest BCUT2D eigenvalue weighted by Gasteiger charge is -2.67. The van der Waals surface area contributed by atoms with E-state index >= 15 is 0 Å². The molecule has 2 rings (SSSR count). The minimum absolute atomic E-state index is 0.0318. The molecule has 0 N–H and O–H groups in total. The van der Waals surface area contributed by atoms with Crippen LogP contribution in [0.4, 0.5) is 0 Å². The van der Waals surface area contributed by atoms with Crippen molar-refractivity contribution in [3.8, 4) is 0 Å². The first-order chi connectivity index (χ1) is 15.5. The van der Waals surface area contributed by atoms with Crippen molar-refractivity contribution >= 4 is 7.92 Å². The van der Waals surface area contributed by atoms with Crippen LogP contribution in [-0.2, 0) is 9.47 Å². The third-order valence-electron chi connectivity index (χ3n) is 7.97. The van der Waals surface area contributed by atoms with Gasteiger partial charge in [0.1, 0.15) is 0 Å². The van der Waals surface area contributed by atoms with Crippen molar-refractivity contribution < 1.29 is 9.47 Å². The molecule has 1 aliphatic rings. The molecule has 0 radical (unpaired) electrons. The first-order valence-corrected chi connectivity index (χ1v) is 14.5. The van der Waals surface area contributed by atoms with Gasteiger partial charge in [0.25, 0.3) is 0 Å². The van der Waals surface area contributed by atoms with Gasteiger partial charge in [0, 0.05) is 25.3 Å². The highest BCUT2D eigenvalue weighted by atomic mass is 31.1. The molecular weight excluding hydrogens is 435 g/mol. The van der Waals surface area contributed by atoms with Gasteiger partial charge in [-0.25, -0.2) is 0 Å². The maximum absolute atomic E-state index is 6.74. The Hall–Kier alpha value is -0.690. The van der Waals surface area contributed by atoms with Crippen LogP contribution in [0.3, 0.4) is 0 Å². The van der Waals surface area contributed by atoms with Crippen molar-refractivity contribution in [2.45, 2.75) is 116 Å². The summed E-state index contributed by atoms with van der Waals surface area (Å²) in [7, 11) is 3.29. The molecule has 1 aromatic rings. The second kappa shape index (κ2) is 10.4. The Morgan fingerprint density at radius 1 is 0.794 bits per heavy atom. The van der Waals surface area contributed by atoms with E-state index in [1.54, 1.807) is 0 Å². The SMILES string of the molecule is COC1C(C(C)C)=CC(OC)(C(C)C)C(c2ccccc2)C1(C(C)C)P(C(C)(C)C)C(C)(C)C. The lowest BCUT2D eigenvalue weighted by atomic mass is 9.57. The summed E-state index contributed by atoms with van der Waals surface area (Å²) in [5.74, 6) is 1.25. The molecule has 1 aromatic carbocycles. The minimum Gasteiger partial charge on any atom is -0.376 e. The summed E-state index contributed by atoms with van der Waals surface area (Å²) in [4.78, 5) is 0. The van der Waals surface area contributed by atoms with Crippen LogP contribution in [0.2, 0.25) is 0 Å². The van der Waals surface area contributed by atoms with E-state index in [0.717, 1.165) is 0 Å². The van der Waals surface area contributed by atoms with E-state index < -0.39 is 13.5 Å². The molecule has 194 valence electrons. The lowest BCUT2D eigenvalue weighted by Crippen LogP contribution is -2.66. The topological polar surface area (TPSA) is 18.5 Å². The van der Waals surface area contributed by atoms with Crippen LogP contribution >= 0.6 is 7.92 Å². The Morgan fingerprint density at radius 2 is 1.29 bits per heavy atom. The van der Waals surface area contributed by atoms with Gasteiger partial charge >= 0.3 is 0 Å². The Bertz CT molecular complexity index is 813. The van der Waals surface area contributed by atoms with Gasteiger partial charge in [-0.05, 0) is 45.3 Å². The van der Waals surface area contributed by atoms with Crippen LogP contribution in [0, 0.1) is 17.8 Å². The molecule has 2 nitrogen and oxygen atoms in total. The highest BCUT2D eigenvalue weighted by molar-refractivity contribution is 7.62. The van der Waals surface area contributed by atoms with E-state index in [1.807, 2.05) is 14.2 Å². The zero-order valence-corrected chi connectivity index (χ0v) is 25.5. The predicted octanol–water partition coefficient (Wildman–Crippen LogP) is 8.90. The molecule has 0 saturated carbocycles. The van der Waals surface area contributed by atoms with Crippen LogP contribution in [0.25, 0.3) is 0 Å². The maximum atomic E-state index is 6.74. The molecular formula is C31H53O2P. The normalized spacial score (nSPS) is 28.8. The molecule has 34 heavy (non-hydrogen) atoms. The zero-order chi connectivity index (χ0) is 26.3. The van der Waals surface area contributed by atoms with E-state index in [9.17, 15) is 0 Å². The number of methoxy groups -OCH3 is 2. The number of rotatable bonds is 7. The molecule has 0 spiro atoms. The molecule has 4 unspecified atom stereocenters. The summed E-state index contributed by atoms with van der Waals surface area (Å²) >= 11 is 0. The monoisotopic (exact) mass is 488 g/mol. The zero-order valence-electron chi connectivity index (χ0n) is 24.6. The molecule has 4 atom stereocenters. The number of hydrogen-bond donors (Lipinski definition) is 0. The van der Waals surface area contributed by atoms with Crippen LogP contribution in [0.1, 0.15) is 94.6 Å². The van der Waals surface area contributed by atoms with Gasteiger partial charge in [0.2, 0.25) is 0 Å². The third-order valence-corrected chi connectivity index (χ3v) is 12.4. The van der Waals surface area contributed by atoms with Crippen molar-refractivity contribution in [3.63, 3.8) is 0 Å². The fourth-order valence-electron chi connectivity index (χ4n) is 7.39. The Balaban J connectivity index is 3.25. The van der Waals surface area contributed by atoms with Crippen molar-refractivity contribution in [1.29, 1.82) is 0 Å². The Morgan fingerprint density at radius 3 is 1.62 bits per heavy atom. The highest BCUT2D eigenvalue weighted by Crippen LogP contribution is 2.77. The first kappa shape index (κ1) is 29.5. The van der Waals surface area contributed by atoms with E-state index in [-0.39, 0.29) is 27.5 Å². The fourth-order valence-corrected chi connectivity index (χ4v) is 13.3. The van der Waals surface area contributed by atoms with E-state index in [1.165, 1.54) is 11.1 Å². The average Bonchev–Trinajstić information content (AvgIpc) is 2.70. The Labute approximate surface area is 213 Å². The predicted molar refractivity (Wildman–Crippen MR) is 151 cm³/mol. The van der Waals surface area contributed by atoms with Gasteiger partial charge in [0.15, 0.2) is 0 Å². The molecule has 0 saturated heterocycles. The number of hydrogen-bond acceptors (Lipinski definition) is 2. The van der Waals surface area contributed by atoms with Crippen molar-refractivity contribution in [3.05, 3.63) is 47.5 Å². The van der Waals surface area contributed by atoms with Crippen LogP contribution in [-0.4, -0.2) is 41.4 Å². The molecule has 1 aliphatic carbocycles. The van der Waals surface area contributed by atoms with Crippen molar-refractivity contribution in [2.75, 3.05) is 14.2 Å². The summed E-state index contributed by atoms with van der Waals surface area (Å²) in [6, 6.07) is 11.2. The minimum atomic E-state index is -0.579. The molecule has 0 bridgehead atoms. The summed E-state index contributed by atoms with van der Waals surface area (Å²) in [5.41, 5.74) is 2.35. The van der Waals surface area contributed by atoms with Gasteiger partial charge in [-0.1, -0.05) is 121 Å². The standard InChI is InChI=1S/C31H53O2P/c1-21(2)25-20-30(33-14,22(3)4)26(24-18-16-15-17-19-24)31(23(5)6,27(25)32-13)34(28(7,8)9)29(10,11)12/h15-23,26-27H,1-14H3. The van der Waals surface area contributed by atoms with Gasteiger partial charge in [-0.3, -0.25) is 0 Å². The molecule has 3 heteroatoms. The number of ether oxygens (including phenoxy) is 2. The van der Waals surface area contributed by atoms with Gasteiger partial charge in [-0.2, -0.15) is 0 Å². The molecule has 0 aliphatic heterocycles. The maximum Gasteiger partial charge on any atom is 0.0963 e. The first-order valence-electron chi connectivity index (χ1n) is 13.2. The van der Waals surface area contributed by atoms with Crippen molar-refractivity contribution in [1.82, 2.24) is 0 Å². The Kier molecular flexibility index (Phi) is 9.00. The lowest BCUT2D eigenvalue weighted by molar-refractivity contribution is -0.0785. The second-order valence-electron chi connectivity index (χ2n) is 13.2. The van der Waals surface area contributed by atoms with E-state index in [4.69, 9.17) is 9.47 Å². The second-order valence-corrected chi connectivity index (χ2v) is 17.3. The van der Waals surface area contributed by atoms with E-state index in [2.05, 4.69) is 119 Å². The molecule has 0 aromatic heterocycles. The third kappa shape index (κ3) is 4.81. The largest absolute Gasteiger partial charge is 0.376 e. The van der Waals surface area contributed by atoms with Gasteiger partial charge in [-0.15, -0.1) is 0 Å². The number of benzene rings is 1.